The number of aryl methyl sites for hydroxylation is 1. The minimum atomic E-state index is -0.146. The number of oxazole rings is 1. The van der Waals surface area contributed by atoms with Crippen LogP contribution in [0.5, 0.6) is 0 Å². The van der Waals surface area contributed by atoms with Crippen molar-refractivity contribution in [3.8, 4) is 22.7 Å². The number of nitrogens with one attached hydrogen (secondary N) is 2. The number of ether oxygens (including phenoxy) is 1. The van der Waals surface area contributed by atoms with Gasteiger partial charge in [0.25, 0.3) is 0 Å². The third-order valence-electron chi connectivity index (χ3n) is 7.24. The van der Waals surface area contributed by atoms with Crippen LogP contribution in [0.15, 0.2) is 53.1 Å². The molecule has 2 aromatic heterocycles. The second kappa shape index (κ2) is 10.3. The van der Waals surface area contributed by atoms with Crippen LogP contribution in [0.4, 0.5) is 5.69 Å². The average molecular weight is 487 g/mol. The van der Waals surface area contributed by atoms with Crippen LogP contribution in [0.25, 0.3) is 33.8 Å². The summed E-state index contributed by atoms with van der Waals surface area (Å²) >= 11 is 0. The Morgan fingerprint density at radius 3 is 2.92 bits per heavy atom. The maximum Gasteiger partial charge on any atom is 0.250 e. The highest BCUT2D eigenvalue weighted by Gasteiger charge is 2.31. The Morgan fingerprint density at radius 2 is 2.08 bits per heavy atom. The first-order valence-electron chi connectivity index (χ1n) is 12.8. The van der Waals surface area contributed by atoms with E-state index in [9.17, 15) is 4.79 Å². The normalized spacial score (nSPS) is 20.2. The summed E-state index contributed by atoms with van der Waals surface area (Å²) in [6.45, 7) is 8.84. The minimum Gasteiger partial charge on any atom is -0.436 e. The van der Waals surface area contributed by atoms with E-state index in [1.54, 1.807) is 6.20 Å². The fourth-order valence-corrected chi connectivity index (χ4v) is 5.25. The second-order valence-electron chi connectivity index (χ2n) is 10.5. The second-order valence-corrected chi connectivity index (χ2v) is 10.5. The van der Waals surface area contributed by atoms with Gasteiger partial charge in [-0.2, -0.15) is 5.10 Å². The van der Waals surface area contributed by atoms with Gasteiger partial charge in [0.05, 0.1) is 23.6 Å². The standard InChI is InChI=1S/C29H34N4O3/c1-17(2)22-10-8-18(3)12-25(22)35-16-27(34)31-21-7-5-6-20(14-21)28-23(15-30-33-28)29-32-24-11-9-19(4)13-26(24)36-29/h5-7,9,11,13-15,17-18,22,25H,8,10,12,16H2,1-4H3,(H,30,33)(H,31,34). The summed E-state index contributed by atoms with van der Waals surface area (Å²) in [6, 6.07) is 13.6. The van der Waals surface area contributed by atoms with Gasteiger partial charge in [0, 0.05) is 11.3 Å². The largest absolute Gasteiger partial charge is 0.436 e. The van der Waals surface area contributed by atoms with Gasteiger partial charge in [0.15, 0.2) is 5.58 Å². The smallest absolute Gasteiger partial charge is 0.250 e. The van der Waals surface area contributed by atoms with E-state index in [-0.39, 0.29) is 18.6 Å². The van der Waals surface area contributed by atoms with Gasteiger partial charge in [-0.3, -0.25) is 9.89 Å². The summed E-state index contributed by atoms with van der Waals surface area (Å²) < 4.78 is 12.1. The molecule has 3 unspecified atom stereocenters. The molecule has 2 heterocycles. The molecule has 1 aliphatic carbocycles. The van der Waals surface area contributed by atoms with Crippen LogP contribution >= 0.6 is 0 Å². The van der Waals surface area contributed by atoms with Gasteiger partial charge >= 0.3 is 0 Å². The van der Waals surface area contributed by atoms with E-state index in [0.717, 1.165) is 39.9 Å². The van der Waals surface area contributed by atoms with Crippen LogP contribution < -0.4 is 5.32 Å². The first-order chi connectivity index (χ1) is 17.4. The van der Waals surface area contributed by atoms with Crippen LogP contribution in [0, 0.1) is 24.7 Å². The summed E-state index contributed by atoms with van der Waals surface area (Å²) in [5.74, 6) is 2.05. The van der Waals surface area contributed by atoms with E-state index in [1.807, 2.05) is 49.4 Å². The predicted octanol–water partition coefficient (Wildman–Crippen LogP) is 6.61. The first kappa shape index (κ1) is 24.3. The summed E-state index contributed by atoms with van der Waals surface area (Å²) in [7, 11) is 0. The van der Waals surface area contributed by atoms with Crippen molar-refractivity contribution in [1.82, 2.24) is 15.2 Å². The van der Waals surface area contributed by atoms with Crippen molar-refractivity contribution in [3.05, 3.63) is 54.2 Å². The molecular weight excluding hydrogens is 452 g/mol. The van der Waals surface area contributed by atoms with Gasteiger partial charge in [0.2, 0.25) is 11.8 Å². The molecule has 36 heavy (non-hydrogen) atoms. The van der Waals surface area contributed by atoms with Gasteiger partial charge in [0.1, 0.15) is 12.1 Å². The van der Waals surface area contributed by atoms with Gasteiger partial charge in [-0.05, 0) is 67.3 Å². The highest BCUT2D eigenvalue weighted by atomic mass is 16.5. The quantitative estimate of drug-likeness (QED) is 0.307. The van der Waals surface area contributed by atoms with Crippen molar-refractivity contribution in [1.29, 1.82) is 0 Å². The van der Waals surface area contributed by atoms with E-state index < -0.39 is 0 Å². The highest BCUT2D eigenvalue weighted by molar-refractivity contribution is 5.93. The fraction of sp³-hybridized carbons (Fsp3) is 0.414. The van der Waals surface area contributed by atoms with Gasteiger partial charge in [-0.1, -0.05) is 45.4 Å². The zero-order valence-corrected chi connectivity index (χ0v) is 21.4. The molecule has 0 radical (unpaired) electrons. The number of anilines is 1. The molecule has 1 aliphatic rings. The van der Waals surface area contributed by atoms with Crippen molar-refractivity contribution in [3.63, 3.8) is 0 Å². The number of carbonyl (C=O) groups is 1. The molecule has 2 aromatic carbocycles. The SMILES string of the molecule is Cc1ccc2nc(-c3cn[nH]c3-c3cccc(NC(=O)COC4CC(C)CCC4C(C)C)c3)oc2c1. The number of hydrogen-bond donors (Lipinski definition) is 2. The lowest BCUT2D eigenvalue weighted by atomic mass is 9.75. The number of aromatic amines is 1. The molecule has 4 aromatic rings. The van der Waals surface area contributed by atoms with Crippen LogP contribution in [0.1, 0.15) is 45.6 Å². The predicted molar refractivity (Wildman–Crippen MR) is 141 cm³/mol. The van der Waals surface area contributed by atoms with Crippen LogP contribution in [-0.2, 0) is 9.53 Å². The Bertz CT molecular complexity index is 1360. The van der Waals surface area contributed by atoms with Gasteiger partial charge < -0.3 is 14.5 Å². The highest BCUT2D eigenvalue weighted by Crippen LogP contribution is 2.36. The number of fused-ring (bicyclic) bond motifs is 1. The molecule has 7 nitrogen and oxygen atoms in total. The van der Waals surface area contributed by atoms with Crippen molar-refractivity contribution in [2.24, 2.45) is 17.8 Å². The number of nitrogens with zero attached hydrogens (tertiary/aromatic N) is 2. The summed E-state index contributed by atoms with van der Waals surface area (Å²) in [4.78, 5) is 17.4. The number of amides is 1. The number of H-pyrrole nitrogens is 1. The molecule has 1 saturated carbocycles. The fourth-order valence-electron chi connectivity index (χ4n) is 5.25. The van der Waals surface area contributed by atoms with E-state index in [1.165, 1.54) is 12.8 Å². The summed E-state index contributed by atoms with van der Waals surface area (Å²) in [5.41, 5.74) is 5.78. The van der Waals surface area contributed by atoms with E-state index in [0.29, 0.717) is 29.3 Å². The average Bonchev–Trinajstić information content (AvgIpc) is 3.49. The molecule has 1 fully saturated rings. The number of hydrogen-bond acceptors (Lipinski definition) is 5. The number of benzene rings is 2. The van der Waals surface area contributed by atoms with E-state index in [4.69, 9.17) is 9.15 Å². The van der Waals surface area contributed by atoms with Crippen molar-refractivity contribution in [2.75, 3.05) is 11.9 Å². The minimum absolute atomic E-state index is 0.0580. The van der Waals surface area contributed by atoms with E-state index >= 15 is 0 Å². The Labute approximate surface area is 211 Å². The lowest BCUT2D eigenvalue weighted by Crippen LogP contribution is -2.36. The Hall–Kier alpha value is -3.45. The van der Waals surface area contributed by atoms with Crippen molar-refractivity contribution in [2.45, 2.75) is 53.1 Å². The monoisotopic (exact) mass is 486 g/mol. The Balaban J connectivity index is 1.29. The zero-order chi connectivity index (χ0) is 25.2. The Kier molecular flexibility index (Phi) is 6.92. The topological polar surface area (TPSA) is 93.0 Å². The summed E-state index contributed by atoms with van der Waals surface area (Å²) in [6.07, 6.45) is 5.27. The maximum atomic E-state index is 12.7. The lowest BCUT2D eigenvalue weighted by molar-refractivity contribution is -0.126. The third-order valence-corrected chi connectivity index (χ3v) is 7.24. The molecule has 188 valence electrons. The molecule has 7 heteroatoms. The maximum absolute atomic E-state index is 12.7. The molecule has 0 spiro atoms. The summed E-state index contributed by atoms with van der Waals surface area (Å²) in [5, 5.41) is 10.3. The number of rotatable bonds is 7. The van der Waals surface area contributed by atoms with Crippen LogP contribution in [0.2, 0.25) is 0 Å². The lowest BCUT2D eigenvalue weighted by Gasteiger charge is -2.37. The molecule has 2 N–H and O–H groups in total. The third kappa shape index (κ3) is 5.21. The molecular formula is C29H34N4O3. The molecule has 5 rings (SSSR count). The molecule has 3 atom stereocenters. The van der Waals surface area contributed by atoms with Gasteiger partial charge in [-0.15, -0.1) is 0 Å². The number of carbonyl (C=O) groups excluding carboxylic acids is 1. The van der Waals surface area contributed by atoms with Crippen molar-refractivity contribution >= 4 is 22.7 Å². The first-order valence-corrected chi connectivity index (χ1v) is 12.8. The number of aromatic nitrogens is 3. The van der Waals surface area contributed by atoms with Gasteiger partial charge in [-0.25, -0.2) is 4.98 Å². The molecule has 0 aliphatic heterocycles. The molecule has 0 bridgehead atoms. The van der Waals surface area contributed by atoms with Crippen LogP contribution in [-0.4, -0.2) is 33.8 Å². The zero-order valence-electron chi connectivity index (χ0n) is 21.4. The molecule has 1 amide bonds. The van der Waals surface area contributed by atoms with E-state index in [2.05, 4.69) is 41.3 Å². The van der Waals surface area contributed by atoms with Crippen molar-refractivity contribution < 1.29 is 13.9 Å². The van der Waals surface area contributed by atoms with Crippen LogP contribution in [0.3, 0.4) is 0 Å². The Morgan fingerprint density at radius 1 is 1.22 bits per heavy atom. The molecule has 0 saturated heterocycles.